The fraction of sp³-hybridized carbons (Fsp3) is 0. The van der Waals surface area contributed by atoms with Crippen molar-refractivity contribution < 1.29 is 4.42 Å². The Morgan fingerprint density at radius 2 is 0.958 bits per heavy atom. The van der Waals surface area contributed by atoms with Gasteiger partial charge in [0.05, 0.1) is 0 Å². The Balaban J connectivity index is 1.12. The predicted octanol–water partition coefficient (Wildman–Crippen LogP) is 13.9. The minimum absolute atomic E-state index is 0.937. The molecule has 11 aromatic rings. The van der Waals surface area contributed by atoms with Crippen LogP contribution in [0.2, 0.25) is 0 Å². The SMILES string of the molecule is c1ccc2c(-c3ccc(-c4ccc5c(c4)sc4ccc6c(ccc7c8ccccc8oc76)c45)c4ccccc34)c3ccccc3cc2c1. The van der Waals surface area contributed by atoms with E-state index < -0.39 is 0 Å². The normalized spacial score (nSPS) is 12.2. The summed E-state index contributed by atoms with van der Waals surface area (Å²) in [6.45, 7) is 0. The van der Waals surface area contributed by atoms with Crippen molar-refractivity contribution in [1.82, 2.24) is 0 Å². The van der Waals surface area contributed by atoms with Crippen molar-refractivity contribution in [3.05, 3.63) is 158 Å². The Labute approximate surface area is 279 Å². The van der Waals surface area contributed by atoms with E-state index in [1.54, 1.807) is 0 Å². The van der Waals surface area contributed by atoms with Crippen LogP contribution in [-0.4, -0.2) is 0 Å². The van der Waals surface area contributed by atoms with E-state index in [1.165, 1.54) is 96.3 Å². The summed E-state index contributed by atoms with van der Waals surface area (Å²) in [6.07, 6.45) is 0. The molecule has 0 aliphatic rings. The van der Waals surface area contributed by atoms with Crippen LogP contribution in [0, 0.1) is 0 Å². The zero-order valence-corrected chi connectivity index (χ0v) is 26.6. The molecule has 0 saturated carbocycles. The number of rotatable bonds is 2. The molecule has 222 valence electrons. The molecule has 2 heteroatoms. The molecule has 2 aromatic heterocycles. The summed E-state index contributed by atoms with van der Waals surface area (Å²) < 4.78 is 9.01. The van der Waals surface area contributed by atoms with Crippen LogP contribution in [-0.2, 0) is 0 Å². The van der Waals surface area contributed by atoms with Crippen LogP contribution in [0.3, 0.4) is 0 Å². The number of hydrogen-bond donors (Lipinski definition) is 0. The molecule has 0 atom stereocenters. The van der Waals surface area contributed by atoms with Gasteiger partial charge in [-0.15, -0.1) is 11.3 Å². The van der Waals surface area contributed by atoms with E-state index in [1.807, 2.05) is 17.4 Å². The molecular weight excluding hydrogens is 601 g/mol. The van der Waals surface area contributed by atoms with E-state index in [0.29, 0.717) is 0 Å². The van der Waals surface area contributed by atoms with Gasteiger partial charge in [0.1, 0.15) is 11.2 Å². The number of hydrogen-bond acceptors (Lipinski definition) is 2. The summed E-state index contributed by atoms with van der Waals surface area (Å²) in [4.78, 5) is 0. The maximum absolute atomic E-state index is 6.41. The van der Waals surface area contributed by atoms with Crippen molar-refractivity contribution in [2.24, 2.45) is 0 Å². The first-order chi connectivity index (χ1) is 23.8. The standard InChI is InChI=1S/C46H26OS/c1-3-11-31-27(9-1)25-28-10-2-4-12-32(28)44(31)36-20-19-30(33-13-5-6-14-34(33)36)29-17-18-40-43(26-29)48-42-24-23-39-37(45(40)42)21-22-38-35-15-7-8-16-41(35)47-46(38)39/h1-26H. The Morgan fingerprint density at radius 1 is 0.375 bits per heavy atom. The lowest BCUT2D eigenvalue weighted by molar-refractivity contribution is 0.672. The van der Waals surface area contributed by atoms with E-state index in [2.05, 4.69) is 152 Å². The van der Waals surface area contributed by atoms with Gasteiger partial charge < -0.3 is 4.42 Å². The summed E-state index contributed by atoms with van der Waals surface area (Å²) in [7, 11) is 0. The molecule has 48 heavy (non-hydrogen) atoms. The maximum atomic E-state index is 6.41. The van der Waals surface area contributed by atoms with Crippen LogP contribution in [0.1, 0.15) is 0 Å². The van der Waals surface area contributed by atoms with E-state index in [-0.39, 0.29) is 0 Å². The van der Waals surface area contributed by atoms with E-state index in [4.69, 9.17) is 4.42 Å². The molecule has 11 rings (SSSR count). The van der Waals surface area contributed by atoms with Crippen molar-refractivity contribution in [1.29, 1.82) is 0 Å². The largest absolute Gasteiger partial charge is 0.455 e. The first-order valence-corrected chi connectivity index (χ1v) is 17.2. The molecule has 2 heterocycles. The van der Waals surface area contributed by atoms with Gasteiger partial charge in [0.15, 0.2) is 0 Å². The van der Waals surface area contributed by atoms with Crippen LogP contribution < -0.4 is 0 Å². The minimum atomic E-state index is 0.937. The highest BCUT2D eigenvalue weighted by Gasteiger charge is 2.17. The Bertz CT molecular complexity index is 3070. The number of para-hydroxylation sites is 1. The number of benzene rings is 9. The predicted molar refractivity (Wildman–Crippen MR) is 208 cm³/mol. The molecular formula is C46H26OS. The smallest absolute Gasteiger partial charge is 0.143 e. The summed E-state index contributed by atoms with van der Waals surface area (Å²) >= 11 is 1.87. The second kappa shape index (κ2) is 9.78. The monoisotopic (exact) mass is 626 g/mol. The van der Waals surface area contributed by atoms with Crippen molar-refractivity contribution in [3.8, 4) is 22.3 Å². The highest BCUT2D eigenvalue weighted by molar-refractivity contribution is 7.26. The summed E-state index contributed by atoms with van der Waals surface area (Å²) in [5.74, 6) is 0. The average Bonchev–Trinajstić information content (AvgIpc) is 3.72. The molecule has 0 unspecified atom stereocenters. The molecule has 1 nitrogen and oxygen atoms in total. The fourth-order valence-corrected chi connectivity index (χ4v) is 9.26. The second-order valence-corrected chi connectivity index (χ2v) is 13.9. The topological polar surface area (TPSA) is 13.1 Å². The third-order valence-corrected chi connectivity index (χ3v) is 11.4. The molecule has 0 fully saturated rings. The second-order valence-electron chi connectivity index (χ2n) is 12.8. The maximum Gasteiger partial charge on any atom is 0.143 e. The van der Waals surface area contributed by atoms with Crippen molar-refractivity contribution in [2.45, 2.75) is 0 Å². The van der Waals surface area contributed by atoms with Gasteiger partial charge in [0.2, 0.25) is 0 Å². The van der Waals surface area contributed by atoms with Crippen molar-refractivity contribution in [2.75, 3.05) is 0 Å². The van der Waals surface area contributed by atoms with E-state index in [0.717, 1.165) is 11.2 Å². The van der Waals surface area contributed by atoms with Crippen molar-refractivity contribution in [3.63, 3.8) is 0 Å². The van der Waals surface area contributed by atoms with Gasteiger partial charge in [-0.1, -0.05) is 121 Å². The highest BCUT2D eigenvalue weighted by atomic mass is 32.1. The molecule has 0 amide bonds. The third-order valence-electron chi connectivity index (χ3n) is 10.2. The zero-order valence-electron chi connectivity index (χ0n) is 25.8. The zero-order chi connectivity index (χ0) is 31.3. The Morgan fingerprint density at radius 3 is 1.75 bits per heavy atom. The Hall–Kier alpha value is -5.96. The van der Waals surface area contributed by atoms with E-state index in [9.17, 15) is 0 Å². The molecule has 0 N–H and O–H groups in total. The van der Waals surface area contributed by atoms with Crippen LogP contribution >= 0.6 is 11.3 Å². The molecule has 0 radical (unpaired) electrons. The minimum Gasteiger partial charge on any atom is -0.455 e. The van der Waals surface area contributed by atoms with Gasteiger partial charge in [-0.25, -0.2) is 0 Å². The van der Waals surface area contributed by atoms with Gasteiger partial charge in [0, 0.05) is 36.3 Å². The molecule has 0 saturated heterocycles. The van der Waals surface area contributed by atoms with Gasteiger partial charge in [-0.05, 0) is 96.4 Å². The quantitative estimate of drug-likeness (QED) is 0.174. The van der Waals surface area contributed by atoms with E-state index >= 15 is 0 Å². The highest BCUT2D eigenvalue weighted by Crippen LogP contribution is 2.45. The Kier molecular flexibility index (Phi) is 5.32. The lowest BCUT2D eigenvalue weighted by atomic mass is 9.87. The third kappa shape index (κ3) is 3.61. The summed E-state index contributed by atoms with van der Waals surface area (Å²) in [5.41, 5.74) is 6.98. The summed E-state index contributed by atoms with van der Waals surface area (Å²) in [5, 5.41) is 15.0. The lowest BCUT2D eigenvalue weighted by Gasteiger charge is -2.16. The van der Waals surface area contributed by atoms with Crippen LogP contribution in [0.15, 0.2) is 162 Å². The first kappa shape index (κ1) is 26.1. The van der Waals surface area contributed by atoms with Gasteiger partial charge in [-0.2, -0.15) is 0 Å². The fourth-order valence-electron chi connectivity index (χ4n) is 8.10. The van der Waals surface area contributed by atoms with Crippen LogP contribution in [0.4, 0.5) is 0 Å². The molecule has 0 aliphatic heterocycles. The number of furan rings is 1. The molecule has 0 aliphatic carbocycles. The van der Waals surface area contributed by atoms with Gasteiger partial charge in [-0.3, -0.25) is 0 Å². The lowest BCUT2D eigenvalue weighted by Crippen LogP contribution is -1.89. The van der Waals surface area contributed by atoms with Gasteiger partial charge in [0.25, 0.3) is 0 Å². The summed E-state index contributed by atoms with van der Waals surface area (Å²) in [6, 6.07) is 57.8. The molecule has 0 spiro atoms. The average molecular weight is 627 g/mol. The molecule has 9 aromatic carbocycles. The molecule has 0 bridgehead atoms. The number of fused-ring (bicyclic) bond motifs is 12. The van der Waals surface area contributed by atoms with Crippen molar-refractivity contribution >= 4 is 96.5 Å². The van der Waals surface area contributed by atoms with Gasteiger partial charge >= 0.3 is 0 Å². The van der Waals surface area contributed by atoms with Crippen LogP contribution in [0.25, 0.3) is 107 Å². The number of thiophene rings is 1. The first-order valence-electron chi connectivity index (χ1n) is 16.4. The van der Waals surface area contributed by atoms with Crippen LogP contribution in [0.5, 0.6) is 0 Å².